The topological polar surface area (TPSA) is 24.5 Å². The SMILES string of the molecule is CCC1(C)CN(CCCC2CCCO2)C(C)(C)CN1. The van der Waals surface area contributed by atoms with Gasteiger partial charge in [0, 0.05) is 30.8 Å². The van der Waals surface area contributed by atoms with Gasteiger partial charge in [-0.15, -0.1) is 0 Å². The predicted molar refractivity (Wildman–Crippen MR) is 80.6 cm³/mol. The molecule has 0 aromatic heterocycles. The van der Waals surface area contributed by atoms with Crippen LogP contribution in [0.2, 0.25) is 0 Å². The van der Waals surface area contributed by atoms with E-state index in [2.05, 4.69) is 37.9 Å². The maximum Gasteiger partial charge on any atom is 0.0576 e. The van der Waals surface area contributed by atoms with E-state index in [1.165, 1.54) is 45.2 Å². The molecule has 2 atom stereocenters. The minimum absolute atomic E-state index is 0.283. The summed E-state index contributed by atoms with van der Waals surface area (Å²) in [6.45, 7) is 13.8. The largest absolute Gasteiger partial charge is 0.378 e. The van der Waals surface area contributed by atoms with E-state index in [0.717, 1.165) is 13.2 Å². The van der Waals surface area contributed by atoms with Gasteiger partial charge in [0.15, 0.2) is 0 Å². The number of nitrogens with one attached hydrogen (secondary N) is 1. The Morgan fingerprint density at radius 1 is 1.32 bits per heavy atom. The van der Waals surface area contributed by atoms with Crippen LogP contribution < -0.4 is 5.32 Å². The molecule has 0 bridgehead atoms. The lowest BCUT2D eigenvalue weighted by Crippen LogP contribution is -2.67. The summed E-state index contributed by atoms with van der Waals surface area (Å²) in [4.78, 5) is 2.68. The lowest BCUT2D eigenvalue weighted by molar-refractivity contribution is 0.0252. The van der Waals surface area contributed by atoms with Crippen molar-refractivity contribution in [2.45, 2.75) is 77.0 Å². The van der Waals surface area contributed by atoms with E-state index in [1.807, 2.05) is 0 Å². The molecule has 0 amide bonds. The number of hydrogen-bond donors (Lipinski definition) is 1. The van der Waals surface area contributed by atoms with Gasteiger partial charge in [0.1, 0.15) is 0 Å². The Balaban J connectivity index is 1.81. The number of nitrogens with zero attached hydrogens (tertiary/aromatic N) is 1. The highest BCUT2D eigenvalue weighted by Crippen LogP contribution is 2.26. The second kappa shape index (κ2) is 6.11. The Hall–Kier alpha value is -0.120. The molecule has 2 rings (SSSR count). The molecule has 0 radical (unpaired) electrons. The summed E-state index contributed by atoms with van der Waals surface area (Å²) >= 11 is 0. The fraction of sp³-hybridized carbons (Fsp3) is 1.00. The van der Waals surface area contributed by atoms with Crippen molar-refractivity contribution < 1.29 is 4.74 Å². The molecule has 2 aliphatic rings. The first-order chi connectivity index (χ1) is 8.95. The number of hydrogen-bond acceptors (Lipinski definition) is 3. The van der Waals surface area contributed by atoms with Crippen molar-refractivity contribution in [1.29, 1.82) is 0 Å². The van der Waals surface area contributed by atoms with Gasteiger partial charge in [-0.25, -0.2) is 0 Å². The van der Waals surface area contributed by atoms with Crippen molar-refractivity contribution in [3.05, 3.63) is 0 Å². The van der Waals surface area contributed by atoms with Crippen molar-refractivity contribution in [1.82, 2.24) is 10.2 Å². The van der Waals surface area contributed by atoms with Gasteiger partial charge in [0.2, 0.25) is 0 Å². The molecule has 0 aliphatic carbocycles. The average Bonchev–Trinajstić information content (AvgIpc) is 2.87. The lowest BCUT2D eigenvalue weighted by atomic mass is 9.88. The first-order valence-corrected chi connectivity index (χ1v) is 8.07. The van der Waals surface area contributed by atoms with Crippen LogP contribution >= 0.6 is 0 Å². The molecule has 0 aromatic carbocycles. The molecule has 0 spiro atoms. The van der Waals surface area contributed by atoms with E-state index in [4.69, 9.17) is 4.74 Å². The summed E-state index contributed by atoms with van der Waals surface area (Å²) in [5.41, 5.74) is 0.574. The van der Waals surface area contributed by atoms with E-state index >= 15 is 0 Å². The fourth-order valence-electron chi connectivity index (χ4n) is 3.23. The Kier molecular flexibility index (Phi) is 4.91. The van der Waals surface area contributed by atoms with Crippen LogP contribution in [0.15, 0.2) is 0 Å². The van der Waals surface area contributed by atoms with Crippen molar-refractivity contribution in [3.63, 3.8) is 0 Å². The Bertz CT molecular complexity index is 286. The second-order valence-electron chi connectivity index (χ2n) is 7.28. The van der Waals surface area contributed by atoms with E-state index in [9.17, 15) is 0 Å². The molecule has 2 aliphatic heterocycles. The molecule has 19 heavy (non-hydrogen) atoms. The average molecular weight is 268 g/mol. The Morgan fingerprint density at radius 2 is 2.11 bits per heavy atom. The van der Waals surface area contributed by atoms with Crippen LogP contribution in [-0.2, 0) is 4.74 Å². The molecule has 0 aromatic rings. The van der Waals surface area contributed by atoms with E-state index in [0.29, 0.717) is 11.6 Å². The van der Waals surface area contributed by atoms with Gasteiger partial charge in [0.25, 0.3) is 0 Å². The highest BCUT2D eigenvalue weighted by Gasteiger charge is 2.38. The van der Waals surface area contributed by atoms with Gasteiger partial charge < -0.3 is 10.1 Å². The van der Waals surface area contributed by atoms with Crippen LogP contribution in [0, 0.1) is 0 Å². The van der Waals surface area contributed by atoms with Crippen LogP contribution in [-0.4, -0.2) is 48.3 Å². The summed E-state index contributed by atoms with van der Waals surface area (Å²) in [6, 6.07) is 0. The fourth-order valence-corrected chi connectivity index (χ4v) is 3.23. The highest BCUT2D eigenvalue weighted by atomic mass is 16.5. The van der Waals surface area contributed by atoms with E-state index in [1.54, 1.807) is 0 Å². The van der Waals surface area contributed by atoms with Crippen LogP contribution in [0.25, 0.3) is 0 Å². The van der Waals surface area contributed by atoms with Crippen LogP contribution in [0.4, 0.5) is 0 Å². The predicted octanol–water partition coefficient (Wildman–Crippen LogP) is 2.80. The van der Waals surface area contributed by atoms with Gasteiger partial charge in [-0.2, -0.15) is 0 Å². The molecular weight excluding hydrogens is 236 g/mol. The molecule has 112 valence electrons. The van der Waals surface area contributed by atoms with Crippen LogP contribution in [0.1, 0.15) is 59.8 Å². The smallest absolute Gasteiger partial charge is 0.0576 e. The summed E-state index contributed by atoms with van der Waals surface area (Å²) in [5.74, 6) is 0. The molecule has 2 unspecified atom stereocenters. The van der Waals surface area contributed by atoms with Gasteiger partial charge in [-0.05, 0) is 59.4 Å². The molecule has 3 heteroatoms. The monoisotopic (exact) mass is 268 g/mol. The molecule has 0 saturated carbocycles. The summed E-state index contributed by atoms with van der Waals surface area (Å²) in [5, 5.41) is 3.73. The molecule has 2 saturated heterocycles. The van der Waals surface area contributed by atoms with Gasteiger partial charge in [0.05, 0.1) is 6.10 Å². The zero-order chi connectivity index (χ0) is 13.9. The third-order valence-electron chi connectivity index (χ3n) is 5.10. The number of ether oxygens (including phenoxy) is 1. The second-order valence-corrected chi connectivity index (χ2v) is 7.28. The van der Waals surface area contributed by atoms with Crippen molar-refractivity contribution in [3.8, 4) is 0 Å². The zero-order valence-corrected chi connectivity index (χ0v) is 13.3. The first-order valence-electron chi connectivity index (χ1n) is 8.07. The van der Waals surface area contributed by atoms with E-state index < -0.39 is 0 Å². The Morgan fingerprint density at radius 3 is 2.74 bits per heavy atom. The quantitative estimate of drug-likeness (QED) is 0.830. The van der Waals surface area contributed by atoms with Gasteiger partial charge >= 0.3 is 0 Å². The zero-order valence-electron chi connectivity index (χ0n) is 13.3. The third-order valence-corrected chi connectivity index (χ3v) is 5.10. The molecular formula is C16H32N2O. The van der Waals surface area contributed by atoms with Crippen LogP contribution in [0.5, 0.6) is 0 Å². The normalized spacial score (nSPS) is 35.7. The van der Waals surface area contributed by atoms with E-state index in [-0.39, 0.29) is 5.54 Å². The van der Waals surface area contributed by atoms with Crippen molar-refractivity contribution >= 4 is 0 Å². The maximum absolute atomic E-state index is 5.73. The third kappa shape index (κ3) is 3.93. The van der Waals surface area contributed by atoms with Gasteiger partial charge in [-0.1, -0.05) is 6.92 Å². The minimum Gasteiger partial charge on any atom is -0.378 e. The Labute approximate surface area is 119 Å². The van der Waals surface area contributed by atoms with Gasteiger partial charge in [-0.3, -0.25) is 4.90 Å². The van der Waals surface area contributed by atoms with Crippen molar-refractivity contribution in [2.24, 2.45) is 0 Å². The first kappa shape index (κ1) is 15.3. The molecule has 2 heterocycles. The molecule has 2 fully saturated rings. The van der Waals surface area contributed by atoms with Crippen LogP contribution in [0.3, 0.4) is 0 Å². The molecule has 1 N–H and O–H groups in total. The number of piperazine rings is 1. The minimum atomic E-state index is 0.283. The molecule has 3 nitrogen and oxygen atoms in total. The number of rotatable bonds is 5. The highest BCUT2D eigenvalue weighted by molar-refractivity contribution is 4.99. The maximum atomic E-state index is 5.73. The summed E-state index contributed by atoms with van der Waals surface area (Å²) in [7, 11) is 0. The summed E-state index contributed by atoms with van der Waals surface area (Å²) in [6.07, 6.45) is 6.79. The lowest BCUT2D eigenvalue weighted by Gasteiger charge is -2.51. The summed E-state index contributed by atoms with van der Waals surface area (Å²) < 4.78 is 5.73. The standard InChI is InChI=1S/C16H32N2O/c1-5-16(4)13-18(15(2,3)12-17-16)10-6-8-14-9-7-11-19-14/h14,17H,5-13H2,1-4H3. The van der Waals surface area contributed by atoms with Crippen molar-refractivity contribution in [2.75, 3.05) is 26.2 Å².